The maximum absolute atomic E-state index is 13.6. The molecule has 0 aliphatic carbocycles. The zero-order chi connectivity index (χ0) is 36.7. The predicted molar refractivity (Wildman–Crippen MR) is 81.2 cm³/mol. The highest BCUT2D eigenvalue weighted by Crippen LogP contribution is 2.63. The van der Waals surface area contributed by atoms with Crippen LogP contribution in [-0.2, 0) is 10.1 Å². The standard InChI is InChI=1S/C14H2F26O3S/c15-1(2(16)4(18,19)6(22,23)8(26,27)10(30,31)11(32,33)13(36,37)38)3(17)5(20,21)7(24,25)9(28,29)12(34,35)14(39,40)44(41,42)43/h3H,(H,41,42,43)/b2-1+. The molecule has 30 heteroatoms. The minimum absolute atomic E-state index is 5.64. The van der Waals surface area contributed by atoms with Crippen molar-refractivity contribution in [2.24, 2.45) is 0 Å². The Bertz CT molecular complexity index is 1220. The van der Waals surface area contributed by atoms with Crippen LogP contribution in [0.4, 0.5) is 114 Å². The molecule has 0 heterocycles. The number of hydrogen-bond donors (Lipinski definition) is 1. The third kappa shape index (κ3) is 5.16. The van der Waals surface area contributed by atoms with Crippen molar-refractivity contribution in [1.29, 1.82) is 0 Å². The van der Waals surface area contributed by atoms with Gasteiger partial charge in [0.25, 0.3) is 0 Å². The third-order valence-electron chi connectivity index (χ3n) is 4.86. The van der Waals surface area contributed by atoms with Crippen molar-refractivity contribution in [2.75, 3.05) is 0 Å². The van der Waals surface area contributed by atoms with Crippen molar-refractivity contribution in [2.45, 2.75) is 70.9 Å². The van der Waals surface area contributed by atoms with E-state index in [0.717, 1.165) is 0 Å². The second kappa shape index (κ2) is 10.4. The highest BCUT2D eigenvalue weighted by molar-refractivity contribution is 7.87. The van der Waals surface area contributed by atoms with E-state index in [4.69, 9.17) is 4.55 Å². The number of halogens is 26. The van der Waals surface area contributed by atoms with Crippen LogP contribution in [-0.4, -0.2) is 83.9 Å². The van der Waals surface area contributed by atoms with Crippen molar-refractivity contribution < 1.29 is 127 Å². The Morgan fingerprint density at radius 1 is 0.477 bits per heavy atom. The highest BCUT2D eigenvalue weighted by Gasteiger charge is 2.93. The minimum Gasteiger partial charge on any atom is -0.281 e. The summed E-state index contributed by atoms with van der Waals surface area (Å²) in [4.78, 5) is 0. The summed E-state index contributed by atoms with van der Waals surface area (Å²) in [5.41, 5.74) is 0. The Morgan fingerprint density at radius 3 is 1.07 bits per heavy atom. The Kier molecular flexibility index (Phi) is 9.91. The Hall–Kier alpha value is -2.17. The van der Waals surface area contributed by atoms with Crippen LogP contribution in [0.15, 0.2) is 11.7 Å². The fourth-order valence-corrected chi connectivity index (χ4v) is 2.69. The lowest BCUT2D eigenvalue weighted by Crippen LogP contribution is -2.70. The van der Waals surface area contributed by atoms with Gasteiger partial charge in [0, 0.05) is 0 Å². The average molecular weight is 744 g/mol. The largest absolute Gasteiger partial charge is 0.460 e. The van der Waals surface area contributed by atoms with Gasteiger partial charge in [0.15, 0.2) is 5.83 Å². The van der Waals surface area contributed by atoms with Gasteiger partial charge >= 0.3 is 74.9 Å². The van der Waals surface area contributed by atoms with Gasteiger partial charge in [-0.1, -0.05) is 0 Å². The summed E-state index contributed by atoms with van der Waals surface area (Å²) in [7, 11) is -8.10. The Balaban J connectivity index is 7.27. The molecule has 0 saturated heterocycles. The van der Waals surface area contributed by atoms with Crippen LogP contribution in [0.1, 0.15) is 0 Å². The van der Waals surface area contributed by atoms with E-state index in [1.807, 2.05) is 0 Å². The highest BCUT2D eigenvalue weighted by atomic mass is 32.2. The Labute approximate surface area is 221 Å². The lowest BCUT2D eigenvalue weighted by atomic mass is 9.91. The lowest BCUT2D eigenvalue weighted by Gasteiger charge is -2.40. The van der Waals surface area contributed by atoms with Crippen molar-refractivity contribution in [1.82, 2.24) is 0 Å². The van der Waals surface area contributed by atoms with Gasteiger partial charge in [0.05, 0.1) is 0 Å². The summed E-state index contributed by atoms with van der Waals surface area (Å²) in [6.07, 6.45) is -15.1. The van der Waals surface area contributed by atoms with Crippen LogP contribution in [0.5, 0.6) is 0 Å². The number of rotatable bonds is 12. The van der Waals surface area contributed by atoms with E-state index >= 15 is 0 Å². The molecule has 0 spiro atoms. The molecule has 3 nitrogen and oxygen atoms in total. The van der Waals surface area contributed by atoms with Crippen LogP contribution >= 0.6 is 0 Å². The quantitative estimate of drug-likeness (QED) is 0.162. The number of alkyl halides is 24. The summed E-state index contributed by atoms with van der Waals surface area (Å²) >= 11 is 0. The van der Waals surface area contributed by atoms with Gasteiger partial charge < -0.3 is 0 Å². The van der Waals surface area contributed by atoms with Crippen molar-refractivity contribution in [3.63, 3.8) is 0 Å². The second-order valence-corrected chi connectivity index (χ2v) is 9.20. The molecule has 0 aliphatic rings. The van der Waals surface area contributed by atoms with Gasteiger partial charge in [-0.2, -0.15) is 109 Å². The van der Waals surface area contributed by atoms with E-state index in [1.165, 1.54) is 0 Å². The normalized spacial score (nSPS) is 17.9. The molecule has 0 fully saturated rings. The average Bonchev–Trinajstić information content (AvgIpc) is 2.79. The van der Waals surface area contributed by atoms with E-state index in [9.17, 15) is 123 Å². The molecule has 0 bridgehead atoms. The van der Waals surface area contributed by atoms with Gasteiger partial charge in [0.1, 0.15) is 0 Å². The molecule has 264 valence electrons. The van der Waals surface area contributed by atoms with Gasteiger partial charge in [-0.15, -0.1) is 0 Å². The molecule has 0 saturated carbocycles. The zero-order valence-corrected chi connectivity index (χ0v) is 19.4. The summed E-state index contributed by atoms with van der Waals surface area (Å²) in [5.74, 6) is -90.8. The van der Waals surface area contributed by atoms with Crippen LogP contribution in [0.2, 0.25) is 0 Å². The van der Waals surface area contributed by atoms with Crippen LogP contribution in [0.3, 0.4) is 0 Å². The molecule has 0 aromatic heterocycles. The molecule has 0 radical (unpaired) electrons. The zero-order valence-electron chi connectivity index (χ0n) is 18.6. The monoisotopic (exact) mass is 744 g/mol. The molecule has 1 N–H and O–H groups in total. The first-order chi connectivity index (χ1) is 18.5. The van der Waals surface area contributed by atoms with Gasteiger partial charge in [-0.3, -0.25) is 4.55 Å². The van der Waals surface area contributed by atoms with Gasteiger partial charge in [0.2, 0.25) is 12.0 Å². The van der Waals surface area contributed by atoms with Crippen LogP contribution in [0.25, 0.3) is 0 Å². The van der Waals surface area contributed by atoms with E-state index in [1.54, 1.807) is 0 Å². The number of allylic oxidation sites excluding steroid dienone is 2. The Morgan fingerprint density at radius 2 is 0.773 bits per heavy atom. The first-order valence-corrected chi connectivity index (χ1v) is 10.4. The summed E-state index contributed by atoms with van der Waals surface area (Å²) in [6.45, 7) is 0. The summed E-state index contributed by atoms with van der Waals surface area (Å²) in [6, 6.07) is 0. The lowest BCUT2D eigenvalue weighted by molar-refractivity contribution is -0.437. The van der Waals surface area contributed by atoms with E-state index in [-0.39, 0.29) is 0 Å². The van der Waals surface area contributed by atoms with Crippen molar-refractivity contribution in [3.8, 4) is 0 Å². The molecule has 1 unspecified atom stereocenters. The second-order valence-electron chi connectivity index (χ2n) is 7.73. The topological polar surface area (TPSA) is 54.4 Å². The van der Waals surface area contributed by atoms with Gasteiger partial charge in [-0.25, -0.2) is 13.2 Å². The smallest absolute Gasteiger partial charge is 0.281 e. The summed E-state index contributed by atoms with van der Waals surface area (Å²) in [5, 5.41) is -8.03. The van der Waals surface area contributed by atoms with Crippen molar-refractivity contribution in [3.05, 3.63) is 11.7 Å². The molecule has 0 aromatic carbocycles. The SMILES string of the molecule is O=S(=O)(O)C(F)(F)C(F)(F)C(F)(F)C(F)(F)C(F)(F)C(F)/C(F)=C(\F)C(F)(F)C(F)(F)C(F)(F)C(F)(F)C(F)(F)C(F)(F)F. The number of hydrogen-bond acceptors (Lipinski definition) is 2. The molecular formula is C14H2F26O3S. The molecule has 1 atom stereocenters. The van der Waals surface area contributed by atoms with Gasteiger partial charge in [-0.05, 0) is 0 Å². The van der Waals surface area contributed by atoms with Crippen molar-refractivity contribution >= 4 is 10.1 Å². The minimum atomic E-state index is -9.07. The summed E-state index contributed by atoms with van der Waals surface area (Å²) < 4.78 is 369. The maximum atomic E-state index is 13.6. The first-order valence-electron chi connectivity index (χ1n) is 8.99. The predicted octanol–water partition coefficient (Wildman–Crippen LogP) is 8.24. The van der Waals surface area contributed by atoms with E-state index < -0.39 is 92.7 Å². The molecular weight excluding hydrogens is 742 g/mol. The first kappa shape index (κ1) is 41.8. The fourth-order valence-electron chi connectivity index (χ4n) is 2.24. The van der Waals surface area contributed by atoms with Crippen LogP contribution < -0.4 is 0 Å². The van der Waals surface area contributed by atoms with E-state index in [2.05, 4.69) is 0 Å². The fraction of sp³-hybridized carbons (Fsp3) is 0.857. The molecule has 0 amide bonds. The molecule has 0 rings (SSSR count). The molecule has 0 aliphatic heterocycles. The maximum Gasteiger partial charge on any atom is 0.460 e. The van der Waals surface area contributed by atoms with E-state index in [0.29, 0.717) is 0 Å². The molecule has 44 heavy (non-hydrogen) atoms. The molecule has 0 aromatic rings. The third-order valence-corrected chi connectivity index (χ3v) is 5.76. The van der Waals surface area contributed by atoms with Crippen LogP contribution in [0, 0.1) is 0 Å².